The van der Waals surface area contributed by atoms with E-state index in [4.69, 9.17) is 0 Å². The number of benzene rings is 1. The molecule has 1 aliphatic rings. The maximum Gasteiger partial charge on any atom is 0.250 e. The molecule has 1 aromatic carbocycles. The molecule has 0 aliphatic carbocycles. The summed E-state index contributed by atoms with van der Waals surface area (Å²) in [5.74, 6) is 0.824. The summed E-state index contributed by atoms with van der Waals surface area (Å²) in [5.41, 5.74) is 0.995. The van der Waals surface area contributed by atoms with E-state index in [1.807, 2.05) is 30.3 Å². The van der Waals surface area contributed by atoms with Gasteiger partial charge in [0.15, 0.2) is 0 Å². The van der Waals surface area contributed by atoms with Crippen LogP contribution >= 0.6 is 15.9 Å². The number of piperidine rings is 1. The van der Waals surface area contributed by atoms with E-state index in [0.29, 0.717) is 4.83 Å². The van der Waals surface area contributed by atoms with Crippen LogP contribution in [0.4, 0.5) is 5.95 Å². The number of hydrogen-bond acceptors (Lipinski definition) is 4. The van der Waals surface area contributed by atoms with Gasteiger partial charge in [-0.15, -0.1) is 0 Å². The van der Waals surface area contributed by atoms with Crippen LogP contribution in [0.2, 0.25) is 0 Å². The number of nitrogens with zero attached hydrogens (tertiary/aromatic N) is 5. The lowest BCUT2D eigenvalue weighted by atomic mass is 10.1. The second-order valence-corrected chi connectivity index (χ2v) is 5.71. The van der Waals surface area contributed by atoms with E-state index in [1.165, 1.54) is 6.42 Å². The van der Waals surface area contributed by atoms with Gasteiger partial charge in [-0.05, 0) is 35.4 Å². The van der Waals surface area contributed by atoms with Crippen LogP contribution in [0.5, 0.6) is 0 Å². The molecule has 1 aliphatic heterocycles. The molecule has 1 aromatic heterocycles. The molecular formula is C12H14BrN5. The van der Waals surface area contributed by atoms with Gasteiger partial charge in [-0.3, -0.25) is 0 Å². The van der Waals surface area contributed by atoms with Gasteiger partial charge in [0.2, 0.25) is 5.95 Å². The highest BCUT2D eigenvalue weighted by Gasteiger charge is 2.22. The minimum absolute atomic E-state index is 0.521. The largest absolute Gasteiger partial charge is 0.338 e. The van der Waals surface area contributed by atoms with Crippen molar-refractivity contribution in [1.29, 1.82) is 0 Å². The molecule has 1 atom stereocenters. The first-order valence-electron chi connectivity index (χ1n) is 6.07. The second-order valence-electron chi connectivity index (χ2n) is 4.41. The molecule has 3 rings (SSSR count). The Morgan fingerprint density at radius 1 is 1.22 bits per heavy atom. The fourth-order valence-electron chi connectivity index (χ4n) is 2.22. The van der Waals surface area contributed by atoms with Gasteiger partial charge in [-0.25, -0.2) is 0 Å². The molecule has 1 fully saturated rings. The van der Waals surface area contributed by atoms with Gasteiger partial charge in [0, 0.05) is 17.9 Å². The van der Waals surface area contributed by atoms with E-state index in [2.05, 4.69) is 36.4 Å². The second kappa shape index (κ2) is 5.06. The van der Waals surface area contributed by atoms with E-state index in [1.54, 1.807) is 4.68 Å². The minimum Gasteiger partial charge on any atom is -0.338 e. The van der Waals surface area contributed by atoms with Crippen LogP contribution in [-0.4, -0.2) is 38.1 Å². The van der Waals surface area contributed by atoms with Gasteiger partial charge in [0.05, 0.1) is 5.69 Å². The molecular weight excluding hydrogens is 294 g/mol. The molecule has 0 N–H and O–H groups in total. The lowest BCUT2D eigenvalue weighted by Gasteiger charge is -2.30. The van der Waals surface area contributed by atoms with E-state index in [0.717, 1.165) is 31.1 Å². The first-order chi connectivity index (χ1) is 8.84. The monoisotopic (exact) mass is 307 g/mol. The van der Waals surface area contributed by atoms with Crippen molar-refractivity contribution in [3.05, 3.63) is 30.3 Å². The van der Waals surface area contributed by atoms with E-state index < -0.39 is 0 Å². The number of alkyl halides is 1. The zero-order valence-corrected chi connectivity index (χ0v) is 11.5. The number of rotatable bonds is 2. The van der Waals surface area contributed by atoms with Crippen molar-refractivity contribution >= 4 is 21.9 Å². The van der Waals surface area contributed by atoms with Crippen LogP contribution < -0.4 is 4.90 Å². The first kappa shape index (κ1) is 11.6. The normalized spacial score (nSPS) is 20.1. The Bertz CT molecular complexity index is 512. The Balaban J connectivity index is 1.92. The Hall–Kier alpha value is -1.43. The third kappa shape index (κ3) is 2.25. The SMILES string of the molecule is BrC1CCCN(c2nnnn2-c2ccccc2)C1. The Labute approximate surface area is 114 Å². The lowest BCUT2D eigenvalue weighted by Crippen LogP contribution is -2.37. The number of tetrazole rings is 1. The molecule has 1 saturated heterocycles. The fourth-order valence-corrected chi connectivity index (χ4v) is 2.90. The predicted molar refractivity (Wildman–Crippen MR) is 73.3 cm³/mol. The minimum atomic E-state index is 0.521. The van der Waals surface area contributed by atoms with Crippen LogP contribution in [0, 0.1) is 0 Å². The average molecular weight is 308 g/mol. The summed E-state index contributed by atoms with van der Waals surface area (Å²) in [6.07, 6.45) is 2.38. The molecule has 0 spiro atoms. The number of aromatic nitrogens is 4. The summed E-state index contributed by atoms with van der Waals surface area (Å²) in [6.45, 7) is 1.96. The topological polar surface area (TPSA) is 46.8 Å². The van der Waals surface area contributed by atoms with Crippen molar-refractivity contribution in [2.75, 3.05) is 18.0 Å². The van der Waals surface area contributed by atoms with E-state index >= 15 is 0 Å². The van der Waals surface area contributed by atoms with E-state index in [9.17, 15) is 0 Å². The van der Waals surface area contributed by atoms with Crippen molar-refractivity contribution in [3.8, 4) is 5.69 Å². The molecule has 0 saturated carbocycles. The molecule has 1 unspecified atom stereocenters. The summed E-state index contributed by atoms with van der Waals surface area (Å²) < 4.78 is 1.80. The smallest absolute Gasteiger partial charge is 0.250 e. The Morgan fingerprint density at radius 3 is 2.83 bits per heavy atom. The number of anilines is 1. The Kier molecular flexibility index (Phi) is 3.27. The van der Waals surface area contributed by atoms with Gasteiger partial charge in [0.25, 0.3) is 0 Å². The predicted octanol–water partition coefficient (Wildman–Crippen LogP) is 2.03. The molecule has 5 nitrogen and oxygen atoms in total. The van der Waals surface area contributed by atoms with Crippen molar-refractivity contribution in [1.82, 2.24) is 20.2 Å². The molecule has 94 valence electrons. The molecule has 18 heavy (non-hydrogen) atoms. The summed E-state index contributed by atoms with van der Waals surface area (Å²) in [4.78, 5) is 2.75. The van der Waals surface area contributed by atoms with Crippen molar-refractivity contribution < 1.29 is 0 Å². The summed E-state index contributed by atoms with van der Waals surface area (Å²) in [6, 6.07) is 9.99. The van der Waals surface area contributed by atoms with Crippen molar-refractivity contribution in [2.45, 2.75) is 17.7 Å². The van der Waals surface area contributed by atoms with Crippen LogP contribution in [0.1, 0.15) is 12.8 Å². The highest BCUT2D eigenvalue weighted by molar-refractivity contribution is 9.09. The summed E-state index contributed by atoms with van der Waals surface area (Å²) in [5, 5.41) is 12.0. The van der Waals surface area contributed by atoms with Gasteiger partial charge >= 0.3 is 0 Å². The van der Waals surface area contributed by atoms with Crippen LogP contribution in [-0.2, 0) is 0 Å². The third-order valence-corrected chi connectivity index (χ3v) is 3.85. The van der Waals surface area contributed by atoms with E-state index in [-0.39, 0.29) is 0 Å². The summed E-state index contributed by atoms with van der Waals surface area (Å²) in [7, 11) is 0. The zero-order valence-electron chi connectivity index (χ0n) is 9.91. The first-order valence-corrected chi connectivity index (χ1v) is 6.99. The highest BCUT2D eigenvalue weighted by atomic mass is 79.9. The van der Waals surface area contributed by atoms with Crippen LogP contribution in [0.25, 0.3) is 5.69 Å². The molecule has 2 heterocycles. The maximum atomic E-state index is 4.16. The van der Waals surface area contributed by atoms with Gasteiger partial charge in [-0.1, -0.05) is 39.2 Å². The summed E-state index contributed by atoms with van der Waals surface area (Å²) >= 11 is 3.68. The fraction of sp³-hybridized carbons (Fsp3) is 0.417. The lowest BCUT2D eigenvalue weighted by molar-refractivity contribution is 0.580. The van der Waals surface area contributed by atoms with Crippen LogP contribution in [0.3, 0.4) is 0 Å². The standard InChI is InChI=1S/C12H14BrN5/c13-10-5-4-8-17(9-10)12-14-15-16-18(12)11-6-2-1-3-7-11/h1-3,6-7,10H,4-5,8-9H2. The molecule has 6 heteroatoms. The average Bonchev–Trinajstić information content (AvgIpc) is 2.89. The van der Waals surface area contributed by atoms with Crippen molar-refractivity contribution in [3.63, 3.8) is 0 Å². The van der Waals surface area contributed by atoms with Gasteiger partial charge in [0.1, 0.15) is 0 Å². The number of para-hydroxylation sites is 1. The Morgan fingerprint density at radius 2 is 2.06 bits per heavy atom. The molecule has 0 radical (unpaired) electrons. The van der Waals surface area contributed by atoms with Gasteiger partial charge in [-0.2, -0.15) is 4.68 Å². The van der Waals surface area contributed by atoms with Crippen LogP contribution in [0.15, 0.2) is 30.3 Å². The van der Waals surface area contributed by atoms with Gasteiger partial charge < -0.3 is 4.90 Å². The number of halogens is 1. The molecule has 2 aromatic rings. The third-order valence-electron chi connectivity index (χ3n) is 3.10. The zero-order chi connectivity index (χ0) is 12.4. The quantitative estimate of drug-likeness (QED) is 0.797. The molecule has 0 bridgehead atoms. The number of hydrogen-bond donors (Lipinski definition) is 0. The van der Waals surface area contributed by atoms with Crippen molar-refractivity contribution in [2.24, 2.45) is 0 Å². The maximum absolute atomic E-state index is 4.16. The highest BCUT2D eigenvalue weighted by Crippen LogP contribution is 2.22. The molecule has 0 amide bonds.